The van der Waals surface area contributed by atoms with E-state index in [4.69, 9.17) is 16.3 Å². The van der Waals surface area contributed by atoms with Crippen LogP contribution in [0.5, 0.6) is 0 Å². The van der Waals surface area contributed by atoms with Crippen LogP contribution in [0.4, 0.5) is 4.79 Å². The third-order valence-electron chi connectivity index (χ3n) is 5.40. The van der Waals surface area contributed by atoms with E-state index in [1.807, 2.05) is 0 Å². The van der Waals surface area contributed by atoms with Crippen LogP contribution < -0.4 is 16.9 Å². The van der Waals surface area contributed by atoms with E-state index in [-0.39, 0.29) is 6.54 Å². The number of nitrogens with zero attached hydrogens (tertiary/aromatic N) is 1. The summed E-state index contributed by atoms with van der Waals surface area (Å²) in [6.07, 6.45) is 6.85. The smallest absolute Gasteiger partial charge is 0.407 e. The first kappa shape index (κ1) is 20.2. The summed E-state index contributed by atoms with van der Waals surface area (Å²) < 4.78 is 5.20. The fourth-order valence-electron chi connectivity index (χ4n) is 3.88. The molecule has 26 heavy (non-hydrogen) atoms. The largest absolute Gasteiger partial charge is 0.449 e. The number of fused-ring (bicyclic) bond motifs is 1. The number of hydrazine groups is 1. The summed E-state index contributed by atoms with van der Waals surface area (Å²) in [5.41, 5.74) is 8.10. The number of amides is 1. The van der Waals surface area contributed by atoms with E-state index in [2.05, 4.69) is 5.32 Å². The summed E-state index contributed by atoms with van der Waals surface area (Å²) in [6, 6.07) is 0. The third-order valence-corrected chi connectivity index (χ3v) is 5.40. The van der Waals surface area contributed by atoms with Gasteiger partial charge in [-0.2, -0.15) is 0 Å². The number of aldehydes is 2. The van der Waals surface area contributed by atoms with Crippen molar-refractivity contribution in [3.8, 4) is 0 Å². The Bertz CT molecular complexity index is 537. The topological polar surface area (TPSA) is 128 Å². The van der Waals surface area contributed by atoms with Gasteiger partial charge in [-0.25, -0.2) is 10.6 Å². The molecule has 8 heteroatoms. The highest BCUT2D eigenvalue weighted by Gasteiger charge is 2.50. The number of carbonyl (C=O) groups excluding carboxylic acids is 3. The first-order valence-corrected chi connectivity index (χ1v) is 9.36. The number of nitrogens with two attached hydrogens (primary N) is 2. The van der Waals surface area contributed by atoms with E-state index in [1.165, 1.54) is 0 Å². The molecule has 3 atom stereocenters. The second kappa shape index (κ2) is 10.2. The van der Waals surface area contributed by atoms with Gasteiger partial charge in [0.05, 0.1) is 13.2 Å². The molecule has 0 aromatic rings. The summed E-state index contributed by atoms with van der Waals surface area (Å²) in [6.45, 7) is 1.05. The van der Waals surface area contributed by atoms with Gasteiger partial charge in [-0.05, 0) is 56.3 Å². The fraction of sp³-hybridized carbons (Fsp3) is 0.722. The average Bonchev–Trinajstić information content (AvgIpc) is 3.29. The maximum absolute atomic E-state index is 11.5. The molecule has 0 bridgehead atoms. The van der Waals surface area contributed by atoms with Crippen molar-refractivity contribution in [3.63, 3.8) is 0 Å². The molecule has 2 aliphatic carbocycles. The van der Waals surface area contributed by atoms with Crippen LogP contribution in [0.25, 0.3) is 0 Å². The lowest BCUT2D eigenvalue weighted by molar-refractivity contribution is -0.108. The van der Waals surface area contributed by atoms with Crippen LogP contribution in [0.15, 0.2) is 11.4 Å². The minimum atomic E-state index is -0.543. The molecule has 5 N–H and O–H groups in total. The summed E-state index contributed by atoms with van der Waals surface area (Å²) in [7, 11) is 0. The van der Waals surface area contributed by atoms with Gasteiger partial charge in [-0.15, -0.1) is 0 Å². The average molecular weight is 366 g/mol. The number of unbranched alkanes of at least 4 members (excludes halogenated alkanes) is 2. The Balaban J connectivity index is 1.77. The second-order valence-corrected chi connectivity index (χ2v) is 7.04. The minimum Gasteiger partial charge on any atom is -0.449 e. The van der Waals surface area contributed by atoms with Crippen molar-refractivity contribution in [2.45, 2.75) is 44.9 Å². The third kappa shape index (κ3) is 5.72. The van der Waals surface area contributed by atoms with Gasteiger partial charge in [0.1, 0.15) is 12.6 Å². The maximum Gasteiger partial charge on any atom is 0.407 e. The van der Waals surface area contributed by atoms with Gasteiger partial charge in [0.25, 0.3) is 0 Å². The predicted octanol–water partition coefficient (Wildman–Crippen LogP) is 1.06. The molecule has 0 aromatic heterocycles. The number of ether oxygens (including phenoxy) is 1. The maximum atomic E-state index is 11.5. The quantitative estimate of drug-likeness (QED) is 0.228. The van der Waals surface area contributed by atoms with Gasteiger partial charge in [-0.1, -0.05) is 0 Å². The van der Waals surface area contributed by atoms with Crippen molar-refractivity contribution >= 4 is 18.7 Å². The Labute approximate surface area is 154 Å². The second-order valence-electron chi connectivity index (χ2n) is 7.04. The highest BCUT2D eigenvalue weighted by Crippen LogP contribution is 2.53. The van der Waals surface area contributed by atoms with Gasteiger partial charge in [0, 0.05) is 24.4 Å². The number of rotatable bonds is 10. The van der Waals surface area contributed by atoms with E-state index in [1.54, 1.807) is 5.01 Å². The summed E-state index contributed by atoms with van der Waals surface area (Å²) in [5, 5.41) is 4.11. The number of alkyl carbamates (subject to hydrolysis) is 1. The molecule has 0 heterocycles. The van der Waals surface area contributed by atoms with Gasteiger partial charge >= 0.3 is 6.09 Å². The van der Waals surface area contributed by atoms with Crippen molar-refractivity contribution in [2.24, 2.45) is 29.3 Å². The first-order valence-electron chi connectivity index (χ1n) is 9.36. The van der Waals surface area contributed by atoms with E-state index < -0.39 is 6.09 Å². The van der Waals surface area contributed by atoms with Crippen LogP contribution in [-0.2, 0) is 14.3 Å². The Kier molecular flexibility index (Phi) is 7.90. The Hall–Kier alpha value is -2.09. The monoisotopic (exact) mass is 366 g/mol. The van der Waals surface area contributed by atoms with E-state index in [0.29, 0.717) is 43.6 Å². The molecule has 146 valence electrons. The van der Waals surface area contributed by atoms with Crippen LogP contribution in [0, 0.1) is 17.8 Å². The molecule has 0 aliphatic heterocycles. The van der Waals surface area contributed by atoms with Crippen molar-refractivity contribution in [2.75, 3.05) is 19.7 Å². The predicted molar refractivity (Wildman–Crippen MR) is 96.4 cm³/mol. The molecule has 3 unspecified atom stereocenters. The van der Waals surface area contributed by atoms with Gasteiger partial charge in [-0.3, -0.25) is 0 Å². The van der Waals surface area contributed by atoms with Crippen LogP contribution >= 0.6 is 0 Å². The van der Waals surface area contributed by atoms with E-state index >= 15 is 0 Å². The summed E-state index contributed by atoms with van der Waals surface area (Å²) >= 11 is 0. The van der Waals surface area contributed by atoms with Gasteiger partial charge in [0.15, 0.2) is 0 Å². The van der Waals surface area contributed by atoms with Crippen LogP contribution in [0.2, 0.25) is 0 Å². The minimum absolute atomic E-state index is 0.0284. The van der Waals surface area contributed by atoms with Gasteiger partial charge < -0.3 is 30.4 Å². The summed E-state index contributed by atoms with van der Waals surface area (Å²) in [4.78, 5) is 32.1. The van der Waals surface area contributed by atoms with E-state index in [0.717, 1.165) is 56.2 Å². The first-order chi connectivity index (χ1) is 12.6. The van der Waals surface area contributed by atoms with Crippen molar-refractivity contribution in [1.29, 1.82) is 0 Å². The number of nitrogens with one attached hydrogen (secondary N) is 1. The van der Waals surface area contributed by atoms with Crippen LogP contribution in [-0.4, -0.2) is 43.4 Å². The lowest BCUT2D eigenvalue weighted by Crippen LogP contribution is -2.34. The Morgan fingerprint density at radius 2 is 1.92 bits per heavy atom. The lowest BCUT2D eigenvalue weighted by Gasteiger charge is -2.25. The molecule has 8 nitrogen and oxygen atoms in total. The highest BCUT2D eigenvalue weighted by molar-refractivity contribution is 5.70. The highest BCUT2D eigenvalue weighted by atomic mass is 16.5. The molecule has 0 saturated heterocycles. The molecule has 0 aromatic carbocycles. The zero-order chi connectivity index (χ0) is 18.9. The molecular weight excluding hydrogens is 336 g/mol. The molecule has 2 rings (SSSR count). The molecule has 0 radical (unpaired) electrons. The van der Waals surface area contributed by atoms with Crippen LogP contribution in [0.1, 0.15) is 44.9 Å². The van der Waals surface area contributed by atoms with E-state index in [9.17, 15) is 14.4 Å². The van der Waals surface area contributed by atoms with Crippen molar-refractivity contribution in [1.82, 2.24) is 10.3 Å². The van der Waals surface area contributed by atoms with Crippen molar-refractivity contribution < 1.29 is 19.1 Å². The molecule has 2 aliphatic rings. The number of hydrogen-bond donors (Lipinski definition) is 3. The molecule has 1 amide bonds. The standard InChI is InChI=1S/C18H30N4O4/c19-16-6-4-13-14(15(13)12-26-18(25)21-8-11-24)5-7-17(16)22(20)9-2-1-3-10-23/h10-11,13-15H,1-9,12,19-20H2,(H,21,25)/b17-16-. The fourth-order valence-corrected chi connectivity index (χ4v) is 3.88. The molecular formula is C18H30N4O4. The zero-order valence-electron chi connectivity index (χ0n) is 15.2. The number of carbonyl (C=O) groups is 3. The lowest BCUT2D eigenvalue weighted by atomic mass is 10.0. The zero-order valence-corrected chi connectivity index (χ0v) is 15.2. The number of allylic oxidation sites excluding steroid dienone is 2. The molecule has 0 spiro atoms. The Morgan fingerprint density at radius 1 is 1.19 bits per heavy atom. The molecule has 1 saturated carbocycles. The Morgan fingerprint density at radius 3 is 2.62 bits per heavy atom. The molecule has 1 fully saturated rings. The van der Waals surface area contributed by atoms with Crippen LogP contribution in [0.3, 0.4) is 0 Å². The number of hydrogen-bond acceptors (Lipinski definition) is 7. The van der Waals surface area contributed by atoms with Crippen molar-refractivity contribution in [3.05, 3.63) is 11.4 Å². The SMILES string of the molecule is N/C1=C(\N(N)CCCCC=O)CCC2C(CC1)C2COC(=O)NCC=O. The van der Waals surface area contributed by atoms with Gasteiger partial charge in [0.2, 0.25) is 0 Å². The summed E-state index contributed by atoms with van der Waals surface area (Å²) in [5.74, 6) is 7.61. The normalized spacial score (nSPS) is 27.5.